The van der Waals surface area contributed by atoms with Gasteiger partial charge < -0.3 is 10.5 Å². The lowest BCUT2D eigenvalue weighted by Gasteiger charge is -2.29. The minimum Gasteiger partial charge on any atom is -0.457 e. The van der Waals surface area contributed by atoms with Gasteiger partial charge in [0.25, 0.3) is 5.91 Å². The van der Waals surface area contributed by atoms with Gasteiger partial charge in [-0.2, -0.15) is 0 Å². The van der Waals surface area contributed by atoms with E-state index >= 15 is 0 Å². The highest BCUT2D eigenvalue weighted by atomic mass is 35.5. The van der Waals surface area contributed by atoms with E-state index in [9.17, 15) is 13.2 Å². The van der Waals surface area contributed by atoms with Crippen molar-refractivity contribution in [3.05, 3.63) is 54.6 Å². The predicted octanol–water partition coefficient (Wildman–Crippen LogP) is 2.53. The van der Waals surface area contributed by atoms with Gasteiger partial charge in [-0.3, -0.25) is 10.0 Å². The Kier molecular flexibility index (Phi) is 7.79. The van der Waals surface area contributed by atoms with E-state index in [0.29, 0.717) is 11.5 Å². The van der Waals surface area contributed by atoms with E-state index in [2.05, 4.69) is 0 Å². The molecule has 1 atom stereocenters. The fraction of sp³-hybridized carbons (Fsp3) is 0.278. The molecule has 4 N–H and O–H groups in total. The molecule has 0 bridgehead atoms. The van der Waals surface area contributed by atoms with Crippen molar-refractivity contribution in [2.45, 2.75) is 24.8 Å². The average Bonchev–Trinajstić information content (AvgIpc) is 2.61. The van der Waals surface area contributed by atoms with Crippen LogP contribution in [0.25, 0.3) is 0 Å². The zero-order chi connectivity index (χ0) is 19.4. The van der Waals surface area contributed by atoms with E-state index in [1.54, 1.807) is 38.1 Å². The normalized spacial score (nSPS) is 12.6. The fourth-order valence-corrected chi connectivity index (χ4v) is 4.30. The Bertz CT molecular complexity index is 855. The molecule has 0 heterocycles. The molecule has 0 saturated heterocycles. The summed E-state index contributed by atoms with van der Waals surface area (Å²) in [6, 6.07) is 14.0. The topological polar surface area (TPSA) is 119 Å². The van der Waals surface area contributed by atoms with Gasteiger partial charge in [-0.1, -0.05) is 32.0 Å². The number of ether oxygens (including phenoxy) is 1. The van der Waals surface area contributed by atoms with Gasteiger partial charge in [0.2, 0.25) is 0 Å². The second-order valence-corrected chi connectivity index (χ2v) is 8.58. The van der Waals surface area contributed by atoms with Crippen LogP contribution in [0.15, 0.2) is 59.5 Å². The van der Waals surface area contributed by atoms with E-state index in [0.717, 1.165) is 0 Å². The first-order valence-corrected chi connectivity index (χ1v) is 9.56. The number of hydrogen-bond acceptors (Lipinski definition) is 6. The number of rotatable bonds is 7. The molecule has 27 heavy (non-hydrogen) atoms. The third kappa shape index (κ3) is 5.93. The largest absolute Gasteiger partial charge is 0.457 e. The maximum Gasteiger partial charge on any atom is 0.260 e. The van der Waals surface area contributed by atoms with E-state index in [-0.39, 0.29) is 23.1 Å². The Morgan fingerprint density at radius 3 is 2.15 bits per heavy atom. The van der Waals surface area contributed by atoms with Crippen LogP contribution in [0.3, 0.4) is 0 Å². The summed E-state index contributed by atoms with van der Waals surface area (Å²) < 4.78 is 30.9. The van der Waals surface area contributed by atoms with E-state index in [4.69, 9.17) is 15.7 Å². The number of halogens is 1. The summed E-state index contributed by atoms with van der Waals surface area (Å²) in [5, 5.41) is 8.69. The third-order valence-electron chi connectivity index (χ3n) is 3.96. The molecule has 9 heteroatoms. The zero-order valence-electron chi connectivity index (χ0n) is 15.0. The van der Waals surface area contributed by atoms with Crippen molar-refractivity contribution in [1.82, 2.24) is 5.48 Å². The molecule has 1 unspecified atom stereocenters. The van der Waals surface area contributed by atoms with Crippen LogP contribution in [0.1, 0.15) is 13.8 Å². The molecule has 0 saturated carbocycles. The monoisotopic (exact) mass is 414 g/mol. The van der Waals surface area contributed by atoms with Crippen molar-refractivity contribution in [2.24, 2.45) is 11.1 Å². The first kappa shape index (κ1) is 22.9. The highest BCUT2D eigenvalue weighted by molar-refractivity contribution is 7.91. The number of hydroxylamine groups is 1. The molecule has 0 aliphatic rings. The van der Waals surface area contributed by atoms with Crippen molar-refractivity contribution in [3.63, 3.8) is 0 Å². The SMILES string of the molecule is CC(C)(CS(=O)(=O)c1ccc(Oc2ccccc2)cc1)C(N)C(=O)NO.Cl. The van der Waals surface area contributed by atoms with Crippen molar-refractivity contribution in [1.29, 1.82) is 0 Å². The highest BCUT2D eigenvalue weighted by Crippen LogP contribution is 2.28. The molecule has 148 valence electrons. The molecule has 7 nitrogen and oxygen atoms in total. The molecule has 2 rings (SSSR count). The molecular formula is C18H23ClN2O5S. The van der Waals surface area contributed by atoms with Crippen LogP contribution in [0.5, 0.6) is 11.5 Å². The molecule has 0 aromatic heterocycles. The number of benzene rings is 2. The molecule has 0 aliphatic carbocycles. The average molecular weight is 415 g/mol. The van der Waals surface area contributed by atoms with E-state index in [1.165, 1.54) is 17.6 Å². The van der Waals surface area contributed by atoms with Crippen LogP contribution < -0.4 is 16.0 Å². The number of nitrogens with one attached hydrogen (secondary N) is 1. The maximum absolute atomic E-state index is 12.6. The Morgan fingerprint density at radius 2 is 1.63 bits per heavy atom. The summed E-state index contributed by atoms with van der Waals surface area (Å²) in [4.78, 5) is 11.6. The van der Waals surface area contributed by atoms with Crippen LogP contribution in [0.2, 0.25) is 0 Å². The lowest BCUT2D eigenvalue weighted by molar-refractivity contribution is -0.132. The van der Waals surface area contributed by atoms with Crippen molar-refractivity contribution < 1.29 is 23.2 Å². The first-order chi connectivity index (χ1) is 12.2. The third-order valence-corrected chi connectivity index (χ3v) is 6.07. The number of hydrogen-bond donors (Lipinski definition) is 3. The van der Waals surface area contributed by atoms with Crippen molar-refractivity contribution >= 4 is 28.2 Å². The molecule has 2 aromatic rings. The van der Waals surface area contributed by atoms with Gasteiger partial charge in [0.05, 0.1) is 16.7 Å². The Labute approximate surface area is 164 Å². The number of carbonyl (C=O) groups is 1. The molecule has 0 fully saturated rings. The Balaban J connectivity index is 0.00000364. The number of sulfone groups is 1. The summed E-state index contributed by atoms with van der Waals surface area (Å²) >= 11 is 0. The second-order valence-electron chi connectivity index (χ2n) is 6.59. The zero-order valence-corrected chi connectivity index (χ0v) is 16.6. The fourth-order valence-electron chi connectivity index (χ4n) is 2.43. The predicted molar refractivity (Wildman–Crippen MR) is 104 cm³/mol. The molecule has 0 aliphatic heterocycles. The van der Waals surface area contributed by atoms with Gasteiger partial charge in [0.15, 0.2) is 9.84 Å². The van der Waals surface area contributed by atoms with Crippen LogP contribution in [0.4, 0.5) is 0 Å². The Hall–Kier alpha value is -2.13. The van der Waals surface area contributed by atoms with Crippen LogP contribution >= 0.6 is 12.4 Å². The molecule has 2 aromatic carbocycles. The van der Waals surface area contributed by atoms with Crippen LogP contribution in [-0.2, 0) is 14.6 Å². The number of carbonyl (C=O) groups excluding carboxylic acids is 1. The minimum absolute atomic E-state index is 0. The van der Waals surface area contributed by atoms with Gasteiger partial charge in [0.1, 0.15) is 11.5 Å². The quantitative estimate of drug-likeness (QED) is 0.473. The minimum atomic E-state index is -3.69. The highest BCUT2D eigenvalue weighted by Gasteiger charge is 2.37. The van der Waals surface area contributed by atoms with Gasteiger partial charge in [-0.05, 0) is 36.4 Å². The lowest BCUT2D eigenvalue weighted by Crippen LogP contribution is -2.51. The lowest BCUT2D eigenvalue weighted by atomic mass is 9.87. The summed E-state index contributed by atoms with van der Waals surface area (Å²) in [6.45, 7) is 3.11. The van der Waals surface area contributed by atoms with Crippen molar-refractivity contribution in [3.8, 4) is 11.5 Å². The number of para-hydroxylation sites is 1. The van der Waals surface area contributed by atoms with Crippen LogP contribution in [0, 0.1) is 5.41 Å². The second kappa shape index (κ2) is 9.18. The summed E-state index contributed by atoms with van der Waals surface area (Å²) in [7, 11) is -3.69. The molecule has 1 amide bonds. The summed E-state index contributed by atoms with van der Waals surface area (Å²) in [6.07, 6.45) is 0. The maximum atomic E-state index is 12.6. The van der Waals surface area contributed by atoms with Gasteiger partial charge in [0, 0.05) is 5.41 Å². The standard InChI is InChI=1S/C18H22N2O5S.ClH/c1-18(2,16(19)17(21)20-22)12-26(23,24)15-10-8-14(9-11-15)25-13-6-4-3-5-7-13;/h3-11,16,22H,12,19H2,1-2H3,(H,20,21);1H. The number of amides is 1. The van der Waals surface area contributed by atoms with Gasteiger partial charge in [-0.25, -0.2) is 13.9 Å². The molecular weight excluding hydrogens is 392 g/mol. The number of nitrogens with two attached hydrogens (primary N) is 1. The van der Waals surface area contributed by atoms with Gasteiger partial charge in [-0.15, -0.1) is 12.4 Å². The van der Waals surface area contributed by atoms with E-state index in [1.807, 2.05) is 18.2 Å². The molecule has 0 spiro atoms. The summed E-state index contributed by atoms with van der Waals surface area (Å²) in [5.41, 5.74) is 6.12. The Morgan fingerprint density at radius 1 is 1.11 bits per heavy atom. The van der Waals surface area contributed by atoms with Crippen LogP contribution in [-0.4, -0.2) is 31.3 Å². The van der Waals surface area contributed by atoms with E-state index < -0.39 is 27.2 Å². The first-order valence-electron chi connectivity index (χ1n) is 7.91. The smallest absolute Gasteiger partial charge is 0.260 e. The summed E-state index contributed by atoms with van der Waals surface area (Å²) in [5.74, 6) is -0.0409. The van der Waals surface area contributed by atoms with Gasteiger partial charge >= 0.3 is 0 Å². The molecule has 0 radical (unpaired) electrons. The van der Waals surface area contributed by atoms with Crippen molar-refractivity contribution in [2.75, 3.05) is 5.75 Å².